The van der Waals surface area contributed by atoms with E-state index in [-0.39, 0.29) is 11.8 Å². The van der Waals surface area contributed by atoms with Gasteiger partial charge in [-0.25, -0.2) is 4.98 Å². The van der Waals surface area contributed by atoms with E-state index >= 15 is 0 Å². The van der Waals surface area contributed by atoms with Crippen LogP contribution in [0.15, 0.2) is 49.1 Å². The van der Waals surface area contributed by atoms with Crippen molar-refractivity contribution in [3.63, 3.8) is 0 Å². The van der Waals surface area contributed by atoms with E-state index in [0.717, 1.165) is 82.5 Å². The fraction of sp³-hybridized carbons (Fsp3) is 0.321. The van der Waals surface area contributed by atoms with Gasteiger partial charge in [0.15, 0.2) is 5.82 Å². The van der Waals surface area contributed by atoms with Gasteiger partial charge in [-0.15, -0.1) is 0 Å². The molecule has 2 fully saturated rings. The fourth-order valence-corrected chi connectivity index (χ4v) is 5.35. The molecule has 1 aliphatic heterocycles. The lowest BCUT2D eigenvalue weighted by molar-refractivity contribution is -0.122. The molecule has 4 aromatic heterocycles. The maximum absolute atomic E-state index is 12.4. The third-order valence-corrected chi connectivity index (χ3v) is 7.67. The van der Waals surface area contributed by atoms with Gasteiger partial charge in [0.05, 0.1) is 41.0 Å². The molecule has 0 unspecified atom stereocenters. The summed E-state index contributed by atoms with van der Waals surface area (Å²) >= 11 is 0. The first-order valence-corrected chi connectivity index (χ1v) is 13.1. The average molecular weight is 493 g/mol. The van der Waals surface area contributed by atoms with Crippen LogP contribution in [0, 0.1) is 5.92 Å². The zero-order chi connectivity index (χ0) is 24.8. The summed E-state index contributed by atoms with van der Waals surface area (Å²) in [5.74, 6) is 0.924. The molecular weight excluding hydrogens is 464 g/mol. The number of H-pyrrole nitrogens is 2. The molecule has 1 amide bonds. The molecule has 1 saturated heterocycles. The van der Waals surface area contributed by atoms with Crippen LogP contribution in [-0.2, 0) is 4.79 Å². The number of hydrogen-bond donors (Lipinski definition) is 3. The molecule has 1 aliphatic carbocycles. The van der Waals surface area contributed by atoms with Crippen molar-refractivity contribution in [1.29, 1.82) is 0 Å². The van der Waals surface area contributed by atoms with Gasteiger partial charge in [0.25, 0.3) is 0 Å². The molecule has 1 aromatic carbocycles. The minimum atomic E-state index is 0.0843. The van der Waals surface area contributed by atoms with Gasteiger partial charge in [-0.1, -0.05) is 12.5 Å². The van der Waals surface area contributed by atoms with Crippen molar-refractivity contribution in [3.05, 3.63) is 49.1 Å². The summed E-state index contributed by atoms with van der Waals surface area (Å²) in [4.78, 5) is 32.1. The molecule has 7 rings (SSSR count). The summed E-state index contributed by atoms with van der Waals surface area (Å²) in [6, 6.07) is 8.13. The van der Waals surface area contributed by atoms with Crippen LogP contribution in [0.4, 0.5) is 11.4 Å². The summed E-state index contributed by atoms with van der Waals surface area (Å²) in [7, 11) is 0. The number of anilines is 2. The third kappa shape index (κ3) is 4.00. The maximum atomic E-state index is 12.4. The van der Waals surface area contributed by atoms with Gasteiger partial charge in [0.1, 0.15) is 11.2 Å². The van der Waals surface area contributed by atoms with Crippen LogP contribution in [0.1, 0.15) is 38.5 Å². The summed E-state index contributed by atoms with van der Waals surface area (Å²) in [5.41, 5.74) is 7.25. The lowest BCUT2D eigenvalue weighted by atomic mass is 9.85. The smallest absolute Gasteiger partial charge is 0.227 e. The number of fused-ring (bicyclic) bond motifs is 2. The minimum Gasteiger partial charge on any atom is -0.368 e. The van der Waals surface area contributed by atoms with Crippen LogP contribution in [-0.4, -0.2) is 49.1 Å². The molecule has 9 heteroatoms. The number of nitrogens with zero attached hydrogens (tertiary/aromatic N) is 5. The first-order valence-electron chi connectivity index (χ1n) is 13.1. The van der Waals surface area contributed by atoms with E-state index in [0.29, 0.717) is 5.82 Å². The second-order valence-corrected chi connectivity index (χ2v) is 10.1. The summed E-state index contributed by atoms with van der Waals surface area (Å²) in [5, 5.41) is 11.7. The van der Waals surface area contributed by atoms with E-state index in [1.165, 1.54) is 19.3 Å². The number of benzene rings is 1. The van der Waals surface area contributed by atoms with Crippen LogP contribution in [0.25, 0.3) is 44.6 Å². The number of carbonyl (C=O) groups is 1. The Balaban J connectivity index is 1.23. The van der Waals surface area contributed by atoms with Crippen molar-refractivity contribution in [2.24, 2.45) is 5.92 Å². The number of amides is 1. The first-order chi connectivity index (χ1) is 18.2. The van der Waals surface area contributed by atoms with Crippen LogP contribution in [0.3, 0.4) is 0 Å². The molecule has 0 radical (unpaired) electrons. The van der Waals surface area contributed by atoms with Gasteiger partial charge in [0.2, 0.25) is 5.91 Å². The van der Waals surface area contributed by atoms with Gasteiger partial charge in [-0.2, -0.15) is 5.10 Å². The van der Waals surface area contributed by atoms with Crippen LogP contribution in [0.5, 0.6) is 0 Å². The van der Waals surface area contributed by atoms with Crippen molar-refractivity contribution >= 4 is 39.2 Å². The Morgan fingerprint density at radius 2 is 1.78 bits per heavy atom. The number of pyridine rings is 2. The largest absolute Gasteiger partial charge is 0.368 e. The Morgan fingerprint density at radius 1 is 0.919 bits per heavy atom. The zero-order valence-electron chi connectivity index (χ0n) is 20.5. The van der Waals surface area contributed by atoms with E-state index in [9.17, 15) is 4.79 Å². The molecule has 0 atom stereocenters. The predicted octanol–water partition coefficient (Wildman–Crippen LogP) is 5.29. The van der Waals surface area contributed by atoms with Crippen LogP contribution >= 0.6 is 0 Å². The molecule has 5 heterocycles. The van der Waals surface area contributed by atoms with Crippen molar-refractivity contribution in [2.45, 2.75) is 38.5 Å². The molecule has 3 N–H and O–H groups in total. The van der Waals surface area contributed by atoms with E-state index in [4.69, 9.17) is 4.98 Å². The summed E-state index contributed by atoms with van der Waals surface area (Å²) in [6.45, 7) is 2.07. The quantitative estimate of drug-likeness (QED) is 0.307. The highest BCUT2D eigenvalue weighted by atomic mass is 16.1. The maximum Gasteiger partial charge on any atom is 0.227 e. The second-order valence-electron chi connectivity index (χ2n) is 10.1. The average Bonchev–Trinajstić information content (AvgIpc) is 3.52. The van der Waals surface area contributed by atoms with Crippen molar-refractivity contribution in [2.75, 3.05) is 23.3 Å². The van der Waals surface area contributed by atoms with Gasteiger partial charge >= 0.3 is 0 Å². The normalized spacial score (nSPS) is 16.3. The van der Waals surface area contributed by atoms with E-state index < -0.39 is 0 Å². The number of nitrogens with one attached hydrogen (secondary N) is 3. The molecule has 5 aromatic rings. The zero-order valence-corrected chi connectivity index (χ0v) is 20.5. The van der Waals surface area contributed by atoms with Gasteiger partial charge < -0.3 is 15.2 Å². The molecule has 37 heavy (non-hydrogen) atoms. The highest BCUT2D eigenvalue weighted by Gasteiger charge is 2.25. The van der Waals surface area contributed by atoms with E-state index in [2.05, 4.69) is 41.4 Å². The number of hydrogen-bond acceptors (Lipinski definition) is 6. The van der Waals surface area contributed by atoms with Crippen molar-refractivity contribution in [3.8, 4) is 22.6 Å². The van der Waals surface area contributed by atoms with Gasteiger partial charge in [-0.3, -0.25) is 19.9 Å². The van der Waals surface area contributed by atoms with Crippen molar-refractivity contribution in [1.82, 2.24) is 30.1 Å². The molecule has 0 bridgehead atoms. The Labute approximate surface area is 213 Å². The second kappa shape index (κ2) is 8.99. The van der Waals surface area contributed by atoms with Crippen LogP contribution < -0.4 is 10.2 Å². The first kappa shape index (κ1) is 22.0. The molecular formula is C28H28N8O. The topological polar surface area (TPSA) is 115 Å². The number of imidazole rings is 1. The number of piperidine rings is 1. The standard InChI is InChI=1S/C28H28N8O/c37-28(17-5-4-6-17)31-20-11-19(13-29-14-20)18-7-8-22-21(12-18)25(35-34-22)27-32-23-15-30-16-24(26(23)33-27)36-9-2-1-3-10-36/h7-8,11-17H,1-6,9-10H2,(H,31,37)(H,32,33)(H,34,35). The summed E-state index contributed by atoms with van der Waals surface area (Å²) in [6.07, 6.45) is 14.0. The highest BCUT2D eigenvalue weighted by molar-refractivity contribution is 5.98. The summed E-state index contributed by atoms with van der Waals surface area (Å²) < 4.78 is 0. The number of rotatable bonds is 5. The van der Waals surface area contributed by atoms with Crippen molar-refractivity contribution < 1.29 is 4.79 Å². The molecule has 186 valence electrons. The SMILES string of the molecule is O=C(Nc1cncc(-c2ccc3[nH]nc(-c4nc5c(N6CCCCC6)cncc5[nH]4)c3c2)c1)C1CCC1. The fourth-order valence-electron chi connectivity index (χ4n) is 5.35. The van der Waals surface area contributed by atoms with E-state index in [1.54, 1.807) is 6.20 Å². The number of carbonyl (C=O) groups excluding carboxylic acids is 1. The third-order valence-electron chi connectivity index (χ3n) is 7.67. The lowest BCUT2D eigenvalue weighted by Crippen LogP contribution is -2.29. The predicted molar refractivity (Wildman–Crippen MR) is 144 cm³/mol. The molecule has 1 saturated carbocycles. The Bertz CT molecular complexity index is 1610. The Kier molecular flexibility index (Phi) is 5.34. The number of aromatic nitrogens is 6. The highest BCUT2D eigenvalue weighted by Crippen LogP contribution is 2.33. The molecule has 9 nitrogen and oxygen atoms in total. The van der Waals surface area contributed by atoms with E-state index in [1.807, 2.05) is 36.8 Å². The lowest BCUT2D eigenvalue weighted by Gasteiger charge is -2.28. The molecule has 0 spiro atoms. The Morgan fingerprint density at radius 3 is 2.62 bits per heavy atom. The Hall–Kier alpha value is -4.27. The van der Waals surface area contributed by atoms with Gasteiger partial charge in [0, 0.05) is 36.2 Å². The van der Waals surface area contributed by atoms with Crippen LogP contribution in [0.2, 0.25) is 0 Å². The monoisotopic (exact) mass is 492 g/mol. The van der Waals surface area contributed by atoms with Gasteiger partial charge in [-0.05, 0) is 55.9 Å². The number of aromatic amines is 2. The minimum absolute atomic E-state index is 0.0843. The molecule has 2 aliphatic rings.